The van der Waals surface area contributed by atoms with Crippen LogP contribution in [0.1, 0.15) is 57.8 Å². The van der Waals surface area contributed by atoms with Gasteiger partial charge in [0.15, 0.2) is 0 Å². The number of hydrogen-bond donors (Lipinski definition) is 1. The largest absolute Gasteiger partial charge is 0.393 e. The predicted octanol–water partition coefficient (Wildman–Crippen LogP) is 2.58. The van der Waals surface area contributed by atoms with Crippen molar-refractivity contribution in [3.63, 3.8) is 0 Å². The smallest absolute Gasteiger partial charge is 0.222 e. The van der Waals surface area contributed by atoms with E-state index in [9.17, 15) is 9.90 Å². The lowest BCUT2D eigenvalue weighted by Gasteiger charge is -2.34. The fraction of sp³-hybridized carbons (Fsp3) is 0.933. The van der Waals surface area contributed by atoms with E-state index in [-0.39, 0.29) is 6.10 Å². The number of hydrogen-bond acceptors (Lipinski definition) is 2. The van der Waals surface area contributed by atoms with E-state index >= 15 is 0 Å². The zero-order valence-electron chi connectivity index (χ0n) is 11.6. The molecule has 2 fully saturated rings. The molecule has 0 aromatic heterocycles. The highest BCUT2D eigenvalue weighted by Crippen LogP contribution is 2.29. The molecule has 0 saturated heterocycles. The van der Waals surface area contributed by atoms with Crippen molar-refractivity contribution in [3.05, 3.63) is 0 Å². The van der Waals surface area contributed by atoms with Gasteiger partial charge < -0.3 is 10.0 Å². The molecule has 3 heteroatoms. The molecular formula is C15H27NO2. The van der Waals surface area contributed by atoms with Crippen LogP contribution in [0.5, 0.6) is 0 Å². The van der Waals surface area contributed by atoms with E-state index < -0.39 is 0 Å². The van der Waals surface area contributed by atoms with Crippen molar-refractivity contribution in [2.24, 2.45) is 11.8 Å². The highest BCUT2D eigenvalue weighted by Gasteiger charge is 2.29. The van der Waals surface area contributed by atoms with Gasteiger partial charge >= 0.3 is 0 Å². The average molecular weight is 253 g/mol. The predicted molar refractivity (Wildman–Crippen MR) is 72.2 cm³/mol. The number of rotatable bonds is 5. The van der Waals surface area contributed by atoms with Crippen LogP contribution >= 0.6 is 0 Å². The summed E-state index contributed by atoms with van der Waals surface area (Å²) < 4.78 is 0. The molecule has 2 rings (SSSR count). The minimum Gasteiger partial charge on any atom is -0.393 e. The normalized spacial score (nSPS) is 28.8. The third-order valence-electron chi connectivity index (χ3n) is 4.66. The van der Waals surface area contributed by atoms with Crippen molar-refractivity contribution in [1.82, 2.24) is 4.90 Å². The summed E-state index contributed by atoms with van der Waals surface area (Å²) in [6.07, 6.45) is 10.2. The van der Waals surface area contributed by atoms with Crippen LogP contribution in [0.4, 0.5) is 0 Å². The summed E-state index contributed by atoms with van der Waals surface area (Å²) in [7, 11) is 1.91. The van der Waals surface area contributed by atoms with Crippen LogP contribution in [0.15, 0.2) is 0 Å². The topological polar surface area (TPSA) is 40.5 Å². The van der Waals surface area contributed by atoms with Crippen LogP contribution < -0.4 is 0 Å². The molecule has 0 radical (unpaired) electrons. The van der Waals surface area contributed by atoms with Crippen LogP contribution in [0, 0.1) is 11.8 Å². The molecule has 0 aromatic rings. The summed E-state index contributed by atoms with van der Waals surface area (Å²) in [5.41, 5.74) is 0. The van der Waals surface area contributed by atoms with Gasteiger partial charge in [-0.25, -0.2) is 0 Å². The molecule has 3 nitrogen and oxygen atoms in total. The number of nitrogens with zero attached hydrogens (tertiary/aromatic N) is 1. The molecule has 1 amide bonds. The maximum Gasteiger partial charge on any atom is 0.222 e. The Morgan fingerprint density at radius 1 is 1.17 bits per heavy atom. The Balaban J connectivity index is 1.61. The average Bonchev–Trinajstić information content (AvgIpc) is 2.35. The van der Waals surface area contributed by atoms with Gasteiger partial charge in [-0.1, -0.05) is 32.1 Å². The molecular weight excluding hydrogens is 226 g/mol. The number of aliphatic hydroxyl groups excluding tert-OH is 1. The Hall–Kier alpha value is -0.570. The molecule has 0 heterocycles. The molecule has 2 aliphatic rings. The Labute approximate surface area is 111 Å². The lowest BCUT2D eigenvalue weighted by molar-refractivity contribution is -0.131. The summed E-state index contributed by atoms with van der Waals surface area (Å²) >= 11 is 0. The van der Waals surface area contributed by atoms with E-state index in [1.807, 2.05) is 11.9 Å². The van der Waals surface area contributed by atoms with Gasteiger partial charge in [-0.3, -0.25) is 4.79 Å². The van der Waals surface area contributed by atoms with Crippen LogP contribution in [-0.2, 0) is 4.79 Å². The first-order chi connectivity index (χ1) is 8.65. The highest BCUT2D eigenvalue weighted by molar-refractivity contribution is 5.75. The molecule has 104 valence electrons. The summed E-state index contributed by atoms with van der Waals surface area (Å²) in [6.45, 7) is 0.834. The van der Waals surface area contributed by atoms with Gasteiger partial charge in [0.2, 0.25) is 5.91 Å². The van der Waals surface area contributed by atoms with Gasteiger partial charge in [-0.05, 0) is 31.1 Å². The maximum absolute atomic E-state index is 12.0. The van der Waals surface area contributed by atoms with E-state index in [0.717, 1.165) is 38.1 Å². The van der Waals surface area contributed by atoms with Crippen LogP contribution in [0.3, 0.4) is 0 Å². The van der Waals surface area contributed by atoms with E-state index in [1.165, 1.54) is 32.1 Å². The van der Waals surface area contributed by atoms with E-state index in [2.05, 4.69) is 0 Å². The fourth-order valence-corrected chi connectivity index (χ4v) is 3.33. The second-order valence-electron chi connectivity index (χ2n) is 6.31. The zero-order chi connectivity index (χ0) is 13.0. The third kappa shape index (κ3) is 3.98. The first kappa shape index (κ1) is 13.9. The minimum absolute atomic E-state index is 0.110. The number of amides is 1. The lowest BCUT2D eigenvalue weighted by Crippen LogP contribution is -2.39. The Kier molecular flexibility index (Phi) is 5.04. The van der Waals surface area contributed by atoms with Gasteiger partial charge in [0.25, 0.3) is 0 Å². The molecule has 0 unspecified atom stereocenters. The zero-order valence-corrected chi connectivity index (χ0v) is 11.6. The second kappa shape index (κ2) is 6.55. The van der Waals surface area contributed by atoms with Crippen molar-refractivity contribution in [1.29, 1.82) is 0 Å². The van der Waals surface area contributed by atoms with Gasteiger partial charge in [0, 0.05) is 20.0 Å². The van der Waals surface area contributed by atoms with Crippen LogP contribution in [0.25, 0.3) is 0 Å². The molecule has 0 aliphatic heterocycles. The fourth-order valence-electron chi connectivity index (χ4n) is 3.33. The molecule has 18 heavy (non-hydrogen) atoms. The van der Waals surface area contributed by atoms with Crippen molar-refractivity contribution >= 4 is 5.91 Å². The molecule has 0 aromatic carbocycles. The number of aliphatic hydroxyl groups is 1. The molecule has 1 N–H and O–H groups in total. The Bertz CT molecular complexity index is 268. The molecule has 2 saturated carbocycles. The summed E-state index contributed by atoms with van der Waals surface area (Å²) in [5, 5.41) is 9.24. The highest BCUT2D eigenvalue weighted by atomic mass is 16.3. The lowest BCUT2D eigenvalue weighted by atomic mass is 9.82. The van der Waals surface area contributed by atoms with E-state index in [4.69, 9.17) is 0 Å². The van der Waals surface area contributed by atoms with E-state index in [1.54, 1.807) is 0 Å². The van der Waals surface area contributed by atoms with Crippen LogP contribution in [-0.4, -0.2) is 35.6 Å². The van der Waals surface area contributed by atoms with Gasteiger partial charge in [-0.15, -0.1) is 0 Å². The standard InChI is InChI=1S/C15H27NO2/c1-16(11-13-9-14(17)10-13)15(18)8-7-12-5-3-2-4-6-12/h12-14,17H,2-11H2,1H3. The third-order valence-corrected chi connectivity index (χ3v) is 4.66. The van der Waals surface area contributed by atoms with Gasteiger partial charge in [0.05, 0.1) is 6.10 Å². The molecule has 2 aliphatic carbocycles. The van der Waals surface area contributed by atoms with Crippen molar-refractivity contribution in [2.45, 2.75) is 63.9 Å². The van der Waals surface area contributed by atoms with Crippen LogP contribution in [0.2, 0.25) is 0 Å². The quantitative estimate of drug-likeness (QED) is 0.818. The van der Waals surface area contributed by atoms with Crippen molar-refractivity contribution < 1.29 is 9.90 Å². The number of carbonyl (C=O) groups is 1. The monoisotopic (exact) mass is 253 g/mol. The SMILES string of the molecule is CN(CC1CC(O)C1)C(=O)CCC1CCCCC1. The first-order valence-corrected chi connectivity index (χ1v) is 7.57. The molecule has 0 atom stereocenters. The van der Waals surface area contributed by atoms with Crippen molar-refractivity contribution in [3.8, 4) is 0 Å². The number of carbonyl (C=O) groups excluding carboxylic acids is 1. The minimum atomic E-state index is -0.110. The molecule has 0 spiro atoms. The Morgan fingerprint density at radius 3 is 2.44 bits per heavy atom. The van der Waals surface area contributed by atoms with Gasteiger partial charge in [0.1, 0.15) is 0 Å². The summed E-state index contributed by atoms with van der Waals surface area (Å²) in [5.74, 6) is 1.62. The summed E-state index contributed by atoms with van der Waals surface area (Å²) in [4.78, 5) is 13.9. The first-order valence-electron chi connectivity index (χ1n) is 7.57. The van der Waals surface area contributed by atoms with Crippen molar-refractivity contribution in [2.75, 3.05) is 13.6 Å². The summed E-state index contributed by atoms with van der Waals surface area (Å²) in [6, 6.07) is 0. The maximum atomic E-state index is 12.0. The molecule has 0 bridgehead atoms. The second-order valence-corrected chi connectivity index (χ2v) is 6.31. The Morgan fingerprint density at radius 2 is 1.83 bits per heavy atom. The van der Waals surface area contributed by atoms with Gasteiger partial charge in [-0.2, -0.15) is 0 Å². The van der Waals surface area contributed by atoms with E-state index in [0.29, 0.717) is 11.8 Å².